The van der Waals surface area contributed by atoms with Crippen LogP contribution in [0.4, 0.5) is 0 Å². The summed E-state index contributed by atoms with van der Waals surface area (Å²) < 4.78 is 0. The molecule has 0 N–H and O–H groups in total. The Morgan fingerprint density at radius 3 is 2.03 bits per heavy atom. The zero-order valence-electron chi connectivity index (χ0n) is 18.2. The molecule has 4 rings (SSSR count). The first kappa shape index (κ1) is 20.6. The first-order valence-electron chi connectivity index (χ1n) is 10.9. The van der Waals surface area contributed by atoms with E-state index in [2.05, 4.69) is 18.7 Å². The lowest BCUT2D eigenvalue weighted by atomic mass is 10.1. The average Bonchev–Trinajstić information content (AvgIpc) is 3.25. The number of rotatable bonds is 3. The highest BCUT2D eigenvalue weighted by molar-refractivity contribution is 5.95. The average molecular weight is 406 g/mol. The molecule has 1 atom stereocenters. The van der Waals surface area contributed by atoms with Crippen molar-refractivity contribution < 1.29 is 9.59 Å². The molecule has 0 aliphatic carbocycles. The first-order chi connectivity index (χ1) is 14.4. The molecular weight excluding hydrogens is 374 g/mol. The van der Waals surface area contributed by atoms with Crippen LogP contribution in [0.5, 0.6) is 0 Å². The minimum atomic E-state index is 0.118. The van der Waals surface area contributed by atoms with E-state index in [1.54, 1.807) is 0 Å². The van der Waals surface area contributed by atoms with Gasteiger partial charge in [0.05, 0.1) is 0 Å². The van der Waals surface area contributed by atoms with E-state index in [1.165, 1.54) is 5.56 Å². The molecule has 0 aromatic heterocycles. The second-order valence-electron chi connectivity index (χ2n) is 8.69. The molecule has 2 aliphatic rings. The number of likely N-dealkylation sites (tertiary alicyclic amines) is 1. The molecule has 5 heteroatoms. The van der Waals surface area contributed by atoms with Gasteiger partial charge in [-0.25, -0.2) is 0 Å². The second kappa shape index (κ2) is 8.60. The van der Waals surface area contributed by atoms with E-state index in [9.17, 15) is 9.59 Å². The summed E-state index contributed by atoms with van der Waals surface area (Å²) in [5.74, 6) is 0.251. The summed E-state index contributed by atoms with van der Waals surface area (Å²) in [5.41, 5.74) is 5.08. The fraction of sp³-hybridized carbons (Fsp3) is 0.440. The van der Waals surface area contributed by atoms with Crippen molar-refractivity contribution in [1.29, 1.82) is 0 Å². The summed E-state index contributed by atoms with van der Waals surface area (Å²) >= 11 is 0. The van der Waals surface area contributed by atoms with Gasteiger partial charge in [0.25, 0.3) is 11.8 Å². The summed E-state index contributed by atoms with van der Waals surface area (Å²) in [6.45, 7) is 11.0. The van der Waals surface area contributed by atoms with Crippen molar-refractivity contribution in [3.63, 3.8) is 0 Å². The Morgan fingerprint density at radius 1 is 0.733 bits per heavy atom. The molecule has 2 amide bonds. The first-order valence-corrected chi connectivity index (χ1v) is 10.9. The predicted octanol–water partition coefficient (Wildman–Crippen LogP) is 3.28. The van der Waals surface area contributed by atoms with Crippen LogP contribution in [0.2, 0.25) is 0 Å². The lowest BCUT2D eigenvalue weighted by Crippen LogP contribution is -2.52. The smallest absolute Gasteiger partial charge is 0.253 e. The van der Waals surface area contributed by atoms with Crippen LogP contribution in [0.15, 0.2) is 42.5 Å². The van der Waals surface area contributed by atoms with Crippen LogP contribution < -0.4 is 0 Å². The largest absolute Gasteiger partial charge is 0.337 e. The van der Waals surface area contributed by atoms with Crippen LogP contribution in [0.1, 0.15) is 43.8 Å². The number of aryl methyl sites for hydroxylation is 3. The van der Waals surface area contributed by atoms with Gasteiger partial charge in [-0.3, -0.25) is 14.5 Å². The normalized spacial score (nSPS) is 19.9. The van der Waals surface area contributed by atoms with Gasteiger partial charge in [0.1, 0.15) is 0 Å². The van der Waals surface area contributed by atoms with Crippen molar-refractivity contribution in [3.8, 4) is 0 Å². The van der Waals surface area contributed by atoms with Gasteiger partial charge in [-0.1, -0.05) is 23.8 Å². The Labute approximate surface area is 179 Å². The Bertz CT molecular complexity index is 930. The van der Waals surface area contributed by atoms with Crippen LogP contribution in [0, 0.1) is 20.8 Å². The Kier molecular flexibility index (Phi) is 5.91. The maximum Gasteiger partial charge on any atom is 0.253 e. The minimum Gasteiger partial charge on any atom is -0.337 e. The monoisotopic (exact) mass is 405 g/mol. The predicted molar refractivity (Wildman–Crippen MR) is 119 cm³/mol. The number of nitrogens with zero attached hydrogens (tertiary/aromatic N) is 3. The molecule has 0 saturated carbocycles. The molecule has 2 fully saturated rings. The van der Waals surface area contributed by atoms with E-state index in [0.29, 0.717) is 6.04 Å². The summed E-state index contributed by atoms with van der Waals surface area (Å²) in [6, 6.07) is 14.2. The number of benzene rings is 2. The van der Waals surface area contributed by atoms with E-state index in [-0.39, 0.29) is 11.8 Å². The standard InChI is InChI=1S/C25H31N3O2/c1-18-4-7-21(8-5-18)24(29)27-14-12-26(13-15-27)23-10-11-28(17-23)25(30)22-9-6-19(2)20(3)16-22/h4-9,16,23H,10-15,17H2,1-3H3. The van der Waals surface area contributed by atoms with Crippen molar-refractivity contribution in [2.45, 2.75) is 33.2 Å². The molecule has 158 valence electrons. The molecule has 0 radical (unpaired) electrons. The van der Waals surface area contributed by atoms with Crippen molar-refractivity contribution in [1.82, 2.24) is 14.7 Å². The molecular formula is C25H31N3O2. The third-order valence-corrected chi connectivity index (χ3v) is 6.62. The number of piperazine rings is 1. The minimum absolute atomic E-state index is 0.118. The Morgan fingerprint density at radius 2 is 1.37 bits per heavy atom. The van der Waals surface area contributed by atoms with E-state index in [0.717, 1.165) is 67.9 Å². The third-order valence-electron chi connectivity index (χ3n) is 6.62. The molecule has 2 heterocycles. The number of hydrogen-bond acceptors (Lipinski definition) is 3. The molecule has 30 heavy (non-hydrogen) atoms. The fourth-order valence-corrected chi connectivity index (χ4v) is 4.45. The second-order valence-corrected chi connectivity index (χ2v) is 8.69. The highest BCUT2D eigenvalue weighted by Crippen LogP contribution is 2.21. The fourth-order valence-electron chi connectivity index (χ4n) is 4.45. The van der Waals surface area contributed by atoms with Gasteiger partial charge >= 0.3 is 0 Å². The third kappa shape index (κ3) is 4.26. The molecule has 0 spiro atoms. The molecule has 2 saturated heterocycles. The Hall–Kier alpha value is -2.66. The van der Waals surface area contributed by atoms with Crippen LogP contribution >= 0.6 is 0 Å². The van der Waals surface area contributed by atoms with Crippen molar-refractivity contribution >= 4 is 11.8 Å². The highest BCUT2D eigenvalue weighted by atomic mass is 16.2. The van der Waals surface area contributed by atoms with Crippen molar-refractivity contribution in [2.75, 3.05) is 39.3 Å². The Balaban J connectivity index is 1.31. The van der Waals surface area contributed by atoms with Crippen LogP contribution in [0.25, 0.3) is 0 Å². The van der Waals surface area contributed by atoms with Gasteiger partial charge in [-0.05, 0) is 62.6 Å². The zero-order valence-corrected chi connectivity index (χ0v) is 18.2. The molecule has 2 aromatic carbocycles. The van der Waals surface area contributed by atoms with E-state index in [4.69, 9.17) is 0 Å². The molecule has 1 unspecified atom stereocenters. The molecule has 0 bridgehead atoms. The number of amides is 2. The summed E-state index contributed by atoms with van der Waals surface area (Å²) in [5, 5.41) is 0. The topological polar surface area (TPSA) is 43.9 Å². The van der Waals surface area contributed by atoms with E-state index >= 15 is 0 Å². The highest BCUT2D eigenvalue weighted by Gasteiger charge is 2.33. The summed E-state index contributed by atoms with van der Waals surface area (Å²) in [4.78, 5) is 32.0. The van der Waals surface area contributed by atoms with E-state index in [1.807, 2.05) is 59.2 Å². The molecule has 2 aromatic rings. The zero-order chi connectivity index (χ0) is 21.3. The lowest BCUT2D eigenvalue weighted by molar-refractivity contribution is 0.0568. The lowest BCUT2D eigenvalue weighted by Gasteiger charge is -2.38. The summed E-state index contributed by atoms with van der Waals surface area (Å²) in [7, 11) is 0. The number of hydrogen-bond donors (Lipinski definition) is 0. The van der Waals surface area contributed by atoms with Gasteiger partial charge in [0.2, 0.25) is 0 Å². The van der Waals surface area contributed by atoms with Crippen LogP contribution in [-0.4, -0.2) is 71.8 Å². The van der Waals surface area contributed by atoms with Gasteiger partial charge < -0.3 is 9.80 Å². The van der Waals surface area contributed by atoms with Crippen molar-refractivity contribution in [3.05, 3.63) is 70.3 Å². The maximum absolute atomic E-state index is 12.9. The number of carbonyl (C=O) groups excluding carboxylic acids is 2. The van der Waals surface area contributed by atoms with Gasteiger partial charge in [-0.2, -0.15) is 0 Å². The van der Waals surface area contributed by atoms with E-state index < -0.39 is 0 Å². The maximum atomic E-state index is 12.9. The SMILES string of the molecule is Cc1ccc(C(=O)N2CCN(C3CCN(C(=O)c4ccc(C)c(C)c4)C3)CC2)cc1. The van der Waals surface area contributed by atoms with Gasteiger partial charge in [0, 0.05) is 56.4 Å². The van der Waals surface area contributed by atoms with Gasteiger partial charge in [0.15, 0.2) is 0 Å². The van der Waals surface area contributed by atoms with Crippen LogP contribution in [0.3, 0.4) is 0 Å². The van der Waals surface area contributed by atoms with Crippen LogP contribution in [-0.2, 0) is 0 Å². The number of carbonyl (C=O) groups is 2. The quantitative estimate of drug-likeness (QED) is 0.787. The molecule has 5 nitrogen and oxygen atoms in total. The summed E-state index contributed by atoms with van der Waals surface area (Å²) in [6.07, 6.45) is 1.00. The molecule has 2 aliphatic heterocycles. The van der Waals surface area contributed by atoms with Gasteiger partial charge in [-0.15, -0.1) is 0 Å². The van der Waals surface area contributed by atoms with Crippen molar-refractivity contribution in [2.24, 2.45) is 0 Å².